The van der Waals surface area contributed by atoms with Crippen LogP contribution in [0.15, 0.2) is 34.1 Å². The summed E-state index contributed by atoms with van der Waals surface area (Å²) in [5, 5.41) is 21.5. The van der Waals surface area contributed by atoms with E-state index in [1.165, 1.54) is 6.92 Å². The third kappa shape index (κ3) is 3.99. The fourth-order valence-corrected chi connectivity index (χ4v) is 7.41. The first-order chi connectivity index (χ1) is 13.7. The Kier molecular flexibility index (Phi) is 7.30. The zero-order valence-corrected chi connectivity index (χ0v) is 19.1. The van der Waals surface area contributed by atoms with Crippen molar-refractivity contribution < 1.29 is 19.8 Å². The maximum Gasteiger partial charge on any atom is 0.163 e. The van der Waals surface area contributed by atoms with Crippen molar-refractivity contribution in [2.45, 2.75) is 64.2 Å². The molecule has 0 aliphatic carbocycles. The van der Waals surface area contributed by atoms with Gasteiger partial charge in [-0.25, -0.2) is 0 Å². The van der Waals surface area contributed by atoms with Crippen molar-refractivity contribution in [2.24, 2.45) is 0 Å². The van der Waals surface area contributed by atoms with Gasteiger partial charge in [-0.2, -0.15) is 10.0 Å². The summed E-state index contributed by atoms with van der Waals surface area (Å²) in [6.45, 7) is 11.0. The first-order valence-corrected chi connectivity index (χ1v) is 12.0. The lowest BCUT2D eigenvalue weighted by Crippen LogP contribution is -2.15. The Morgan fingerprint density at radius 2 is 1.45 bits per heavy atom. The van der Waals surface area contributed by atoms with Gasteiger partial charge in [0.15, 0.2) is 11.6 Å². The quantitative estimate of drug-likeness (QED) is 0.553. The maximum atomic E-state index is 12.0. The molecule has 2 rings (SSSR count). The second-order valence-electron chi connectivity index (χ2n) is 7.46. The van der Waals surface area contributed by atoms with E-state index in [0.29, 0.717) is 23.3 Å². The Labute approximate surface area is 175 Å². The first-order valence-electron chi connectivity index (χ1n) is 10.0. The molecule has 0 fully saturated rings. The van der Waals surface area contributed by atoms with Crippen molar-refractivity contribution in [3.05, 3.63) is 52.1 Å². The molecular formula is C24H32O4S. The molecule has 158 valence electrons. The molecule has 0 heterocycles. The van der Waals surface area contributed by atoms with Gasteiger partial charge < -0.3 is 10.2 Å². The van der Waals surface area contributed by atoms with Crippen LogP contribution in [-0.2, 0) is 6.42 Å². The van der Waals surface area contributed by atoms with Crippen molar-refractivity contribution in [2.75, 3.05) is 11.7 Å². The lowest BCUT2D eigenvalue weighted by Gasteiger charge is -2.41. The molecule has 0 radical (unpaired) electrons. The molecule has 5 heteroatoms. The number of carbonyl (C=O) groups is 2. The Morgan fingerprint density at radius 3 is 1.93 bits per heavy atom. The number of Topliss-reactive ketones (excluding diaryl/α,β-unsaturated/α-hetero) is 2. The molecule has 4 nitrogen and oxygen atoms in total. The highest BCUT2D eigenvalue weighted by molar-refractivity contribution is 8.33. The van der Waals surface area contributed by atoms with Gasteiger partial charge >= 0.3 is 0 Å². The minimum Gasteiger partial charge on any atom is -0.507 e. The summed E-state index contributed by atoms with van der Waals surface area (Å²) in [5.41, 5.74) is 3.69. The average Bonchev–Trinajstić information content (AvgIpc) is 2.68. The van der Waals surface area contributed by atoms with Crippen molar-refractivity contribution >= 4 is 21.6 Å². The van der Waals surface area contributed by atoms with Gasteiger partial charge in [0.05, 0.1) is 11.5 Å². The number of benzene rings is 2. The summed E-state index contributed by atoms with van der Waals surface area (Å²) in [5.74, 6) is 0.515. The number of hydrogen-bond acceptors (Lipinski definition) is 4. The van der Waals surface area contributed by atoms with Crippen LogP contribution >= 0.6 is 10.0 Å². The zero-order chi connectivity index (χ0) is 21.9. The van der Waals surface area contributed by atoms with Crippen LogP contribution in [0, 0.1) is 13.8 Å². The molecule has 0 amide bonds. The highest BCUT2D eigenvalue weighted by Gasteiger charge is 2.32. The normalized spacial score (nSPS) is 14.3. The monoisotopic (exact) mass is 416 g/mol. The molecule has 0 aromatic heterocycles. The van der Waals surface area contributed by atoms with E-state index in [4.69, 9.17) is 0 Å². The minimum atomic E-state index is -1.87. The first kappa shape index (κ1) is 23.2. The lowest BCUT2D eigenvalue weighted by atomic mass is 10.0. The Hall–Kier alpha value is -2.11. The summed E-state index contributed by atoms with van der Waals surface area (Å²) in [4.78, 5) is 25.9. The van der Waals surface area contributed by atoms with Crippen LogP contribution in [0.3, 0.4) is 0 Å². The van der Waals surface area contributed by atoms with Gasteiger partial charge in [0.1, 0.15) is 5.75 Å². The second-order valence-corrected chi connectivity index (χ2v) is 10.9. The predicted octanol–water partition coefficient (Wildman–Crippen LogP) is 5.56. The molecule has 1 unspecified atom stereocenters. The van der Waals surface area contributed by atoms with Gasteiger partial charge in [-0.15, -0.1) is 0 Å². The number of aliphatic hydroxyl groups excluding tert-OH is 1. The van der Waals surface area contributed by atoms with Crippen molar-refractivity contribution in [1.29, 1.82) is 0 Å². The van der Waals surface area contributed by atoms with E-state index >= 15 is 0 Å². The van der Waals surface area contributed by atoms with E-state index in [2.05, 4.69) is 0 Å². The van der Waals surface area contributed by atoms with Crippen LogP contribution in [-0.4, -0.2) is 33.5 Å². The topological polar surface area (TPSA) is 74.6 Å². The van der Waals surface area contributed by atoms with Crippen LogP contribution in [0.1, 0.15) is 71.5 Å². The molecule has 0 spiro atoms. The number of phenolic OH excluding ortho intramolecular Hbond substituents is 1. The van der Waals surface area contributed by atoms with Crippen LogP contribution in [0.5, 0.6) is 5.75 Å². The van der Waals surface area contributed by atoms with E-state index in [-0.39, 0.29) is 23.3 Å². The van der Waals surface area contributed by atoms with Crippen molar-refractivity contribution in [3.8, 4) is 5.75 Å². The molecule has 0 saturated carbocycles. The maximum absolute atomic E-state index is 12.0. The summed E-state index contributed by atoms with van der Waals surface area (Å²) < 4.78 is 0. The third-order valence-corrected chi connectivity index (χ3v) is 9.73. The van der Waals surface area contributed by atoms with Crippen molar-refractivity contribution in [3.63, 3.8) is 0 Å². The fraction of sp³-hybridized carbons (Fsp3) is 0.417. The van der Waals surface area contributed by atoms with Gasteiger partial charge in [0.25, 0.3) is 0 Å². The molecule has 2 aromatic rings. The molecule has 2 aromatic carbocycles. The second kappa shape index (κ2) is 9.14. The largest absolute Gasteiger partial charge is 0.507 e. The summed E-state index contributed by atoms with van der Waals surface area (Å²) in [6, 6.07) is 7.38. The van der Waals surface area contributed by atoms with Gasteiger partial charge in [0.2, 0.25) is 0 Å². The molecule has 1 atom stereocenters. The van der Waals surface area contributed by atoms with E-state index < -0.39 is 10.0 Å². The predicted molar refractivity (Wildman–Crippen MR) is 120 cm³/mol. The Bertz CT molecular complexity index is 942. The standard InChI is InChI=1S/C24H32O4S/c1-7-9-21-23(13-11-20(18(6)27)24(21)28)29(8-2,14-25)22-12-10-19(17(5)26)15(3)16(22)4/h10-13,25,28H,7-9,14H2,1-6H3. The fourth-order valence-electron chi connectivity index (χ4n) is 4.02. The molecule has 0 aliphatic heterocycles. The molecule has 0 aliphatic rings. The van der Waals surface area contributed by atoms with Gasteiger partial charge in [-0.05, 0) is 74.1 Å². The highest BCUT2D eigenvalue weighted by atomic mass is 32.3. The van der Waals surface area contributed by atoms with Gasteiger partial charge in [0, 0.05) is 16.0 Å². The molecular weight excluding hydrogens is 384 g/mol. The number of aliphatic hydroxyl groups is 1. The Morgan fingerprint density at radius 1 is 0.897 bits per heavy atom. The zero-order valence-electron chi connectivity index (χ0n) is 18.3. The molecule has 2 N–H and O–H groups in total. The van der Waals surface area contributed by atoms with Gasteiger partial charge in [-0.1, -0.05) is 26.3 Å². The summed E-state index contributed by atoms with van der Waals surface area (Å²) in [6.07, 6.45) is 1.44. The average molecular weight is 417 g/mol. The van der Waals surface area contributed by atoms with Crippen LogP contribution < -0.4 is 0 Å². The van der Waals surface area contributed by atoms with Crippen LogP contribution in [0.4, 0.5) is 0 Å². The number of ketones is 2. The summed E-state index contributed by atoms with van der Waals surface area (Å²) in [7, 11) is -1.87. The number of carbonyl (C=O) groups excluding carboxylic acids is 2. The minimum absolute atomic E-state index is 0.0216. The number of rotatable bonds is 8. The third-order valence-electron chi connectivity index (χ3n) is 5.79. The van der Waals surface area contributed by atoms with E-state index in [0.717, 1.165) is 32.9 Å². The number of hydrogen-bond donors (Lipinski definition) is 2. The SMILES string of the molecule is CCCc1c(S(CC)(CO)c2ccc(C(C)=O)c(C)c2C)ccc(C(C)=O)c1O. The van der Waals surface area contributed by atoms with E-state index in [1.807, 2.05) is 45.9 Å². The van der Waals surface area contributed by atoms with E-state index in [9.17, 15) is 19.8 Å². The van der Waals surface area contributed by atoms with E-state index in [1.54, 1.807) is 13.0 Å². The van der Waals surface area contributed by atoms with Crippen LogP contribution in [0.25, 0.3) is 0 Å². The summed E-state index contributed by atoms with van der Waals surface area (Å²) >= 11 is 0. The van der Waals surface area contributed by atoms with Gasteiger partial charge in [-0.3, -0.25) is 9.59 Å². The Balaban J connectivity index is 2.87. The molecule has 0 saturated heterocycles. The molecule has 29 heavy (non-hydrogen) atoms. The number of phenols is 1. The van der Waals surface area contributed by atoms with Crippen LogP contribution in [0.2, 0.25) is 0 Å². The smallest absolute Gasteiger partial charge is 0.163 e. The highest BCUT2D eigenvalue weighted by Crippen LogP contribution is 2.64. The number of aromatic hydroxyl groups is 1. The molecule has 0 bridgehead atoms. The lowest BCUT2D eigenvalue weighted by molar-refractivity contribution is 0.100. The van der Waals surface area contributed by atoms with Crippen molar-refractivity contribution in [1.82, 2.24) is 0 Å².